The highest BCUT2D eigenvalue weighted by molar-refractivity contribution is 6.68. The molecule has 4 bridgehead atoms. The van der Waals surface area contributed by atoms with Gasteiger partial charge in [0.1, 0.15) is 5.60 Å². The summed E-state index contributed by atoms with van der Waals surface area (Å²) in [4.78, 5) is 0. The number of ether oxygens (including phenoxy) is 1. The van der Waals surface area contributed by atoms with Crippen LogP contribution < -0.4 is 0 Å². The first-order valence-corrected chi connectivity index (χ1v) is 7.45. The highest BCUT2D eigenvalue weighted by Crippen LogP contribution is 2.92. The zero-order valence-corrected chi connectivity index (χ0v) is 10.7. The molecule has 0 radical (unpaired) electrons. The molecule has 5 saturated carbocycles. The van der Waals surface area contributed by atoms with E-state index in [1.807, 2.05) is 0 Å². The predicted molar refractivity (Wildman–Crippen MR) is 60.4 cm³/mol. The molecule has 0 aromatic rings. The van der Waals surface area contributed by atoms with Crippen LogP contribution in [0.2, 0.25) is 0 Å². The fraction of sp³-hybridized carbons (Fsp3) is 1.00. The standard InChI is InChI=1S/C12H11Cl3O/c13-12(14,15)11-8-3-1-2-4-5(3)9(11)7(4)10(16-11)6(2)8/h2-10H,1H2/t2-,3-,4+,5+,6+,7+,8-,9+,10-,11-/m0/s1. The maximum Gasteiger partial charge on any atom is 0.219 e. The Kier molecular flexibility index (Phi) is 1.10. The molecule has 2 heterocycles. The summed E-state index contributed by atoms with van der Waals surface area (Å²) < 4.78 is 5.12. The van der Waals surface area contributed by atoms with Gasteiger partial charge in [-0.1, -0.05) is 34.8 Å². The maximum atomic E-state index is 6.32. The van der Waals surface area contributed by atoms with E-state index in [0.717, 1.165) is 35.5 Å². The summed E-state index contributed by atoms with van der Waals surface area (Å²) >= 11 is 18.9. The summed E-state index contributed by atoms with van der Waals surface area (Å²) in [7, 11) is 0. The Hall–Kier alpha value is 0.830. The molecule has 86 valence electrons. The van der Waals surface area contributed by atoms with E-state index in [4.69, 9.17) is 39.5 Å². The third-order valence-electron chi connectivity index (χ3n) is 7.14. The van der Waals surface area contributed by atoms with Crippen LogP contribution in [0.1, 0.15) is 6.42 Å². The molecule has 2 aliphatic heterocycles. The van der Waals surface area contributed by atoms with Gasteiger partial charge in [-0.25, -0.2) is 0 Å². The Morgan fingerprint density at radius 1 is 0.938 bits per heavy atom. The summed E-state index contributed by atoms with van der Waals surface area (Å²) in [5.41, 5.74) is -0.380. The minimum atomic E-state index is -1.21. The van der Waals surface area contributed by atoms with E-state index >= 15 is 0 Å². The Labute approximate surface area is 109 Å². The Bertz CT molecular complexity index is 436. The molecule has 4 heteroatoms. The van der Waals surface area contributed by atoms with E-state index in [-0.39, 0.29) is 5.60 Å². The Morgan fingerprint density at radius 3 is 2.50 bits per heavy atom. The van der Waals surface area contributed by atoms with Gasteiger partial charge in [0.2, 0.25) is 3.79 Å². The summed E-state index contributed by atoms with van der Waals surface area (Å²) in [5, 5.41) is 0. The van der Waals surface area contributed by atoms with Crippen molar-refractivity contribution in [3.05, 3.63) is 0 Å². The molecule has 1 nitrogen and oxygen atoms in total. The first-order chi connectivity index (χ1) is 7.57. The van der Waals surface area contributed by atoms with Crippen LogP contribution in [-0.4, -0.2) is 15.5 Å². The first kappa shape index (κ1) is 8.85. The topological polar surface area (TPSA) is 9.23 Å². The zero-order chi connectivity index (χ0) is 10.6. The minimum absolute atomic E-state index is 0.380. The van der Waals surface area contributed by atoms with Crippen molar-refractivity contribution in [2.24, 2.45) is 47.3 Å². The van der Waals surface area contributed by atoms with Crippen molar-refractivity contribution in [3.63, 3.8) is 0 Å². The van der Waals surface area contributed by atoms with E-state index in [1.54, 1.807) is 0 Å². The molecule has 0 amide bonds. The van der Waals surface area contributed by atoms with Crippen LogP contribution in [-0.2, 0) is 4.74 Å². The predicted octanol–water partition coefficient (Wildman–Crippen LogP) is 2.88. The van der Waals surface area contributed by atoms with E-state index < -0.39 is 3.79 Å². The van der Waals surface area contributed by atoms with Gasteiger partial charge in [0.15, 0.2) is 0 Å². The van der Waals surface area contributed by atoms with Crippen LogP contribution in [0, 0.1) is 47.3 Å². The summed E-state index contributed by atoms with van der Waals surface area (Å²) in [6, 6.07) is 0. The molecular weight excluding hydrogens is 266 g/mol. The lowest BCUT2D eigenvalue weighted by Gasteiger charge is -2.47. The van der Waals surface area contributed by atoms with Gasteiger partial charge in [0.05, 0.1) is 6.10 Å². The molecule has 7 fully saturated rings. The van der Waals surface area contributed by atoms with Crippen molar-refractivity contribution < 1.29 is 4.74 Å². The minimum Gasteiger partial charge on any atom is -0.366 e. The van der Waals surface area contributed by atoms with Crippen molar-refractivity contribution >= 4 is 34.8 Å². The lowest BCUT2D eigenvalue weighted by atomic mass is 9.57. The molecule has 0 N–H and O–H groups in total. The molecule has 7 aliphatic rings. The summed E-state index contributed by atoms with van der Waals surface area (Å²) in [5.74, 6) is 6.28. The van der Waals surface area contributed by atoms with Crippen molar-refractivity contribution in [1.82, 2.24) is 0 Å². The third-order valence-corrected chi connectivity index (χ3v) is 8.03. The molecule has 7 rings (SSSR count). The van der Waals surface area contributed by atoms with Crippen molar-refractivity contribution in [2.75, 3.05) is 0 Å². The van der Waals surface area contributed by atoms with Crippen molar-refractivity contribution in [3.8, 4) is 0 Å². The van der Waals surface area contributed by atoms with Crippen LogP contribution in [0.5, 0.6) is 0 Å². The molecule has 5 aliphatic carbocycles. The van der Waals surface area contributed by atoms with E-state index in [1.165, 1.54) is 6.42 Å². The van der Waals surface area contributed by atoms with Crippen LogP contribution in [0.4, 0.5) is 0 Å². The lowest BCUT2D eigenvalue weighted by Crippen LogP contribution is -2.54. The smallest absolute Gasteiger partial charge is 0.219 e. The quantitative estimate of drug-likeness (QED) is 0.619. The molecule has 2 saturated heterocycles. The highest BCUT2D eigenvalue weighted by Gasteiger charge is 2.95. The van der Waals surface area contributed by atoms with Crippen LogP contribution >= 0.6 is 34.8 Å². The monoisotopic (exact) mass is 276 g/mol. The van der Waals surface area contributed by atoms with Gasteiger partial charge in [-0.3, -0.25) is 0 Å². The normalized spacial score (nSPS) is 79.3. The summed E-state index contributed by atoms with van der Waals surface area (Å²) in [6.45, 7) is 0. The van der Waals surface area contributed by atoms with Gasteiger partial charge in [-0.2, -0.15) is 0 Å². The second kappa shape index (κ2) is 1.99. The molecule has 10 atom stereocenters. The second-order valence-corrected chi connectivity index (χ2v) is 9.08. The molecule has 16 heavy (non-hydrogen) atoms. The van der Waals surface area contributed by atoms with Gasteiger partial charge in [0, 0.05) is 11.8 Å². The fourth-order valence-electron chi connectivity index (χ4n) is 7.46. The Balaban J connectivity index is 1.71. The molecule has 0 spiro atoms. The zero-order valence-electron chi connectivity index (χ0n) is 8.45. The number of rotatable bonds is 0. The molecule has 0 unspecified atom stereocenters. The Morgan fingerprint density at radius 2 is 1.75 bits per heavy atom. The largest absolute Gasteiger partial charge is 0.366 e. The van der Waals surface area contributed by atoms with E-state index in [2.05, 4.69) is 0 Å². The maximum absolute atomic E-state index is 6.32. The molecule has 0 aromatic heterocycles. The van der Waals surface area contributed by atoms with Crippen LogP contribution in [0.15, 0.2) is 0 Å². The van der Waals surface area contributed by atoms with Gasteiger partial charge in [-0.05, 0) is 41.9 Å². The highest BCUT2D eigenvalue weighted by atomic mass is 35.6. The van der Waals surface area contributed by atoms with Gasteiger partial charge in [-0.15, -0.1) is 0 Å². The third kappa shape index (κ3) is 0.507. The van der Waals surface area contributed by atoms with E-state index in [9.17, 15) is 0 Å². The van der Waals surface area contributed by atoms with Gasteiger partial charge < -0.3 is 4.74 Å². The van der Waals surface area contributed by atoms with Crippen molar-refractivity contribution in [2.45, 2.75) is 21.9 Å². The number of hydrogen-bond donors (Lipinski definition) is 0. The molecular formula is C12H11Cl3O. The van der Waals surface area contributed by atoms with Gasteiger partial charge >= 0.3 is 0 Å². The van der Waals surface area contributed by atoms with E-state index in [0.29, 0.717) is 17.9 Å². The SMILES string of the molecule is ClC(Cl)(Cl)[C@@]12O[C@@H]3[C@@H]4[C@@H]5[C@@H]6C[C@@H]([C@H]5[C@H]41)[C@H]2[C@@H]63. The van der Waals surface area contributed by atoms with Gasteiger partial charge in [0.25, 0.3) is 0 Å². The average molecular weight is 278 g/mol. The summed E-state index contributed by atoms with van der Waals surface area (Å²) in [6.07, 6.45) is 1.88. The number of halogens is 3. The number of hydrogen-bond acceptors (Lipinski definition) is 1. The van der Waals surface area contributed by atoms with Crippen molar-refractivity contribution in [1.29, 1.82) is 0 Å². The van der Waals surface area contributed by atoms with Crippen LogP contribution in [0.3, 0.4) is 0 Å². The lowest BCUT2D eigenvalue weighted by molar-refractivity contribution is -0.0275. The van der Waals surface area contributed by atoms with Crippen LogP contribution in [0.25, 0.3) is 0 Å². The molecule has 0 aromatic carbocycles. The fourth-order valence-corrected chi connectivity index (χ4v) is 8.35. The average Bonchev–Trinajstić information content (AvgIpc) is 2.68. The second-order valence-electron chi connectivity index (χ2n) is 6.80. The number of alkyl halides is 3. The first-order valence-electron chi connectivity index (χ1n) is 6.32.